The van der Waals surface area contributed by atoms with Crippen LogP contribution in [0.2, 0.25) is 0 Å². The molecule has 0 amide bonds. The molecular formula is C12H19N4O13P3. The van der Waals surface area contributed by atoms with Crippen LogP contribution in [0, 0.1) is 19.3 Å². The van der Waals surface area contributed by atoms with Crippen molar-refractivity contribution in [1.82, 2.24) is 9.55 Å². The highest BCUT2D eigenvalue weighted by Crippen LogP contribution is 2.66. The molecule has 0 spiro atoms. The van der Waals surface area contributed by atoms with Gasteiger partial charge in [-0.25, -0.2) is 18.5 Å². The van der Waals surface area contributed by atoms with Crippen LogP contribution in [0.15, 0.2) is 10.9 Å². The van der Waals surface area contributed by atoms with Crippen LogP contribution in [-0.2, 0) is 31.6 Å². The van der Waals surface area contributed by atoms with Gasteiger partial charge in [0.05, 0.1) is 6.61 Å². The van der Waals surface area contributed by atoms with Crippen molar-refractivity contribution in [2.75, 3.05) is 12.3 Å². The van der Waals surface area contributed by atoms with Crippen molar-refractivity contribution in [2.24, 2.45) is 5.73 Å². The molecule has 1 aromatic rings. The Balaban J connectivity index is 2.23. The minimum atomic E-state index is -5.75. The summed E-state index contributed by atoms with van der Waals surface area (Å²) >= 11 is 0. The number of aliphatic hydroxyl groups is 1. The number of phosphoric acid groups is 3. The minimum Gasteiger partial charge on any atom is -0.387 e. The predicted molar refractivity (Wildman–Crippen MR) is 103 cm³/mol. The van der Waals surface area contributed by atoms with Gasteiger partial charge in [0.2, 0.25) is 0 Å². The molecule has 0 bridgehead atoms. The quantitative estimate of drug-likeness (QED) is 0.145. The second kappa shape index (κ2) is 9.05. The number of hydrogen-bond donors (Lipinski definition) is 7. The summed E-state index contributed by atoms with van der Waals surface area (Å²) in [5, 5.41) is 10.5. The molecular weight excluding hydrogens is 501 g/mol. The minimum absolute atomic E-state index is 0.116. The van der Waals surface area contributed by atoms with E-state index in [2.05, 4.69) is 24.0 Å². The van der Waals surface area contributed by atoms with E-state index in [1.54, 1.807) is 0 Å². The molecule has 6 atom stereocenters. The molecule has 2 rings (SSSR count). The molecule has 1 aliphatic rings. The van der Waals surface area contributed by atoms with Gasteiger partial charge in [-0.3, -0.25) is 9.09 Å². The van der Waals surface area contributed by atoms with Crippen molar-refractivity contribution in [1.29, 1.82) is 0 Å². The van der Waals surface area contributed by atoms with E-state index in [1.807, 2.05) is 0 Å². The van der Waals surface area contributed by atoms with Gasteiger partial charge in [0.25, 0.3) is 0 Å². The van der Waals surface area contributed by atoms with E-state index >= 15 is 0 Å². The van der Waals surface area contributed by atoms with Crippen LogP contribution in [0.25, 0.3) is 0 Å². The second-order valence-electron chi connectivity index (χ2n) is 6.41. The monoisotopic (exact) mass is 520 g/mol. The third-order valence-corrected chi connectivity index (χ3v) is 7.83. The van der Waals surface area contributed by atoms with Gasteiger partial charge in [-0.1, -0.05) is 5.92 Å². The number of aryl methyl sites for hydroxylation is 1. The van der Waals surface area contributed by atoms with Crippen LogP contribution in [0.1, 0.15) is 11.9 Å². The largest absolute Gasteiger partial charge is 0.490 e. The Kier molecular flexibility index (Phi) is 7.58. The molecule has 180 valence electrons. The Morgan fingerprint density at radius 1 is 1.28 bits per heavy atom. The van der Waals surface area contributed by atoms with E-state index in [1.165, 1.54) is 13.0 Å². The molecule has 17 nitrogen and oxygen atoms in total. The van der Waals surface area contributed by atoms with Gasteiger partial charge < -0.3 is 40.9 Å². The van der Waals surface area contributed by atoms with Crippen LogP contribution in [-0.4, -0.2) is 58.6 Å². The SMILES string of the molecule is C#CC1(N)[C@@H](O)[C@@H](COP(=O)(O)OP(=O)(O)OP(=O)(O)O)O[C@H]1n1c(C)cc(N)nc1=O. The van der Waals surface area contributed by atoms with Crippen molar-refractivity contribution >= 4 is 29.3 Å². The van der Waals surface area contributed by atoms with Crippen LogP contribution < -0.4 is 17.2 Å². The molecule has 0 aliphatic carbocycles. The van der Waals surface area contributed by atoms with Crippen molar-refractivity contribution < 1.29 is 56.3 Å². The lowest BCUT2D eigenvalue weighted by Gasteiger charge is -2.28. The lowest BCUT2D eigenvalue weighted by atomic mass is 9.92. The molecule has 3 unspecified atom stereocenters. The smallest absolute Gasteiger partial charge is 0.387 e. The Hall–Kier alpha value is -1.47. The number of nitrogens with zero attached hydrogens (tertiary/aromatic N) is 2. The summed E-state index contributed by atoms with van der Waals surface area (Å²) in [6.45, 7) is 0.393. The Morgan fingerprint density at radius 2 is 1.88 bits per heavy atom. The average Bonchev–Trinajstić information content (AvgIpc) is 2.81. The summed E-state index contributed by atoms with van der Waals surface area (Å²) in [5.74, 6) is 1.96. The molecule has 1 saturated heterocycles. The van der Waals surface area contributed by atoms with E-state index in [0.29, 0.717) is 0 Å². The first kappa shape index (κ1) is 26.8. The van der Waals surface area contributed by atoms with Gasteiger partial charge in [0, 0.05) is 5.69 Å². The maximum atomic E-state index is 12.3. The van der Waals surface area contributed by atoms with Crippen LogP contribution in [0.4, 0.5) is 5.82 Å². The van der Waals surface area contributed by atoms with Crippen LogP contribution >= 0.6 is 23.5 Å². The van der Waals surface area contributed by atoms with E-state index in [4.69, 9.17) is 37.3 Å². The summed E-state index contributed by atoms with van der Waals surface area (Å²) in [6.07, 6.45) is 0.453. The second-order valence-corrected chi connectivity index (χ2v) is 10.8. The number of phosphoric ester groups is 1. The Bertz CT molecular complexity index is 1130. The fraction of sp³-hybridized carbons (Fsp3) is 0.500. The molecule has 9 N–H and O–H groups in total. The van der Waals surface area contributed by atoms with Crippen LogP contribution in [0.5, 0.6) is 0 Å². The number of nitrogens with two attached hydrogens (primary N) is 2. The number of ether oxygens (including phenoxy) is 1. The highest BCUT2D eigenvalue weighted by molar-refractivity contribution is 7.66. The lowest BCUT2D eigenvalue weighted by molar-refractivity contribution is -0.0474. The summed E-state index contributed by atoms with van der Waals surface area (Å²) in [6, 6.07) is 1.29. The zero-order valence-electron chi connectivity index (χ0n) is 16.0. The third kappa shape index (κ3) is 6.10. The number of rotatable bonds is 8. The third-order valence-electron chi connectivity index (χ3n) is 4.02. The molecule has 0 radical (unpaired) electrons. The van der Waals surface area contributed by atoms with Gasteiger partial charge in [0.15, 0.2) is 11.8 Å². The van der Waals surface area contributed by atoms with E-state index in [9.17, 15) is 28.5 Å². The van der Waals surface area contributed by atoms with Gasteiger partial charge in [0.1, 0.15) is 18.0 Å². The number of terminal acetylenes is 1. The zero-order chi connectivity index (χ0) is 24.7. The number of nitrogen functional groups attached to an aromatic ring is 1. The highest BCUT2D eigenvalue weighted by atomic mass is 31.3. The van der Waals surface area contributed by atoms with Crippen molar-refractivity contribution in [3.63, 3.8) is 0 Å². The van der Waals surface area contributed by atoms with Gasteiger partial charge in [-0.05, 0) is 13.0 Å². The molecule has 1 fully saturated rings. The summed E-state index contributed by atoms with van der Waals surface area (Å²) in [7, 11) is -16.8. The standard InChI is InChI=1S/C12H19N4O13P3/c1-3-12(14)9(17)7(27-10(12)16-6(2)4-8(13)15-11(16)18)5-26-31(22,23)29-32(24,25)28-30(19,20)21/h1,4,7,9-10,17H,5,14H2,2H3,(H,22,23)(H,24,25)(H2,13,15,18)(H2,19,20,21)/t7-,9+,10-,12?/m1/s1. The highest BCUT2D eigenvalue weighted by Gasteiger charge is 2.55. The van der Waals surface area contributed by atoms with E-state index < -0.39 is 59.7 Å². The Morgan fingerprint density at radius 3 is 2.38 bits per heavy atom. The number of hydrogen-bond acceptors (Lipinski definition) is 12. The molecule has 32 heavy (non-hydrogen) atoms. The fourth-order valence-electron chi connectivity index (χ4n) is 2.76. The number of aliphatic hydroxyl groups excluding tert-OH is 1. The summed E-state index contributed by atoms with van der Waals surface area (Å²) in [4.78, 5) is 51.5. The molecule has 1 aliphatic heterocycles. The topological polar surface area (TPSA) is 276 Å². The van der Waals surface area contributed by atoms with Crippen LogP contribution in [0.3, 0.4) is 0 Å². The summed E-state index contributed by atoms with van der Waals surface area (Å²) < 4.78 is 51.8. The van der Waals surface area contributed by atoms with Crippen molar-refractivity contribution in [3.05, 3.63) is 22.2 Å². The fourth-order valence-corrected chi connectivity index (χ4v) is 5.78. The van der Waals surface area contributed by atoms with E-state index in [-0.39, 0.29) is 11.5 Å². The predicted octanol–water partition coefficient (Wildman–Crippen LogP) is -1.93. The first-order valence-electron chi connectivity index (χ1n) is 8.15. The van der Waals surface area contributed by atoms with Gasteiger partial charge in [-0.2, -0.15) is 13.6 Å². The number of anilines is 1. The maximum Gasteiger partial charge on any atom is 0.490 e. The first-order chi connectivity index (χ1) is 14.4. The molecule has 1 aromatic heterocycles. The Labute approximate surface area is 179 Å². The molecule has 20 heteroatoms. The van der Waals surface area contributed by atoms with Gasteiger partial charge in [-0.15, -0.1) is 6.42 Å². The normalized spacial score (nSPS) is 29.8. The molecule has 2 heterocycles. The molecule has 0 aromatic carbocycles. The number of aromatic nitrogens is 2. The maximum absolute atomic E-state index is 12.3. The molecule has 0 saturated carbocycles. The van der Waals surface area contributed by atoms with Crippen molar-refractivity contribution in [3.8, 4) is 12.3 Å². The van der Waals surface area contributed by atoms with Crippen molar-refractivity contribution in [2.45, 2.75) is 30.9 Å². The zero-order valence-corrected chi connectivity index (χ0v) is 18.7. The van der Waals surface area contributed by atoms with Gasteiger partial charge >= 0.3 is 29.2 Å². The van der Waals surface area contributed by atoms with E-state index in [0.717, 1.165) is 4.57 Å². The lowest BCUT2D eigenvalue weighted by Crippen LogP contribution is -2.55. The summed E-state index contributed by atoms with van der Waals surface area (Å²) in [5.41, 5.74) is 8.69. The average molecular weight is 520 g/mol. The first-order valence-corrected chi connectivity index (χ1v) is 12.7.